The van der Waals surface area contributed by atoms with Crippen LogP contribution in [-0.4, -0.2) is 43.9 Å². The minimum atomic E-state index is -0.0979. The third-order valence-electron chi connectivity index (χ3n) is 3.89. The van der Waals surface area contributed by atoms with Gasteiger partial charge in [0, 0.05) is 32.7 Å². The molecule has 1 saturated heterocycles. The van der Waals surface area contributed by atoms with Gasteiger partial charge in [0.2, 0.25) is 5.91 Å². The molecule has 1 aliphatic rings. The maximum Gasteiger partial charge on any atom is 0.251 e. The first kappa shape index (κ1) is 18.5. The van der Waals surface area contributed by atoms with E-state index in [1.165, 1.54) is 0 Å². The van der Waals surface area contributed by atoms with Crippen molar-refractivity contribution in [1.29, 1.82) is 0 Å². The summed E-state index contributed by atoms with van der Waals surface area (Å²) < 4.78 is 0. The molecule has 0 aliphatic carbocycles. The first-order valence-corrected chi connectivity index (χ1v) is 7.38. The molecule has 2 N–H and O–H groups in total. The maximum absolute atomic E-state index is 12.3. The summed E-state index contributed by atoms with van der Waals surface area (Å²) in [7, 11) is 3.45. The van der Waals surface area contributed by atoms with Crippen LogP contribution in [0.25, 0.3) is 0 Å². The SMILES string of the molecule is CNC(=O)c1ccc(CN(C)C(=O)C2CCCNC2)cc1.Cl. The van der Waals surface area contributed by atoms with Crippen LogP contribution in [0.5, 0.6) is 0 Å². The van der Waals surface area contributed by atoms with Gasteiger partial charge >= 0.3 is 0 Å². The second kappa shape index (κ2) is 8.76. The molecule has 122 valence electrons. The van der Waals surface area contributed by atoms with E-state index in [1.807, 2.05) is 19.2 Å². The molecule has 1 heterocycles. The highest BCUT2D eigenvalue weighted by atomic mass is 35.5. The van der Waals surface area contributed by atoms with E-state index in [0.717, 1.165) is 31.5 Å². The van der Waals surface area contributed by atoms with Crippen LogP contribution in [0.1, 0.15) is 28.8 Å². The van der Waals surface area contributed by atoms with E-state index in [2.05, 4.69) is 10.6 Å². The average Bonchev–Trinajstić information content (AvgIpc) is 2.55. The Morgan fingerprint density at radius 1 is 1.32 bits per heavy atom. The first-order chi connectivity index (χ1) is 10.1. The van der Waals surface area contributed by atoms with Crippen LogP contribution in [0.2, 0.25) is 0 Å². The molecule has 6 heteroatoms. The molecule has 1 aliphatic heterocycles. The largest absolute Gasteiger partial charge is 0.355 e. The second-order valence-electron chi connectivity index (χ2n) is 5.51. The molecule has 1 unspecified atom stereocenters. The van der Waals surface area contributed by atoms with Crippen molar-refractivity contribution in [2.75, 3.05) is 27.2 Å². The van der Waals surface area contributed by atoms with Gasteiger partial charge in [-0.3, -0.25) is 9.59 Å². The number of hydrogen-bond acceptors (Lipinski definition) is 3. The quantitative estimate of drug-likeness (QED) is 0.880. The van der Waals surface area contributed by atoms with Gasteiger partial charge in [0.1, 0.15) is 0 Å². The zero-order chi connectivity index (χ0) is 15.2. The van der Waals surface area contributed by atoms with Gasteiger partial charge in [-0.05, 0) is 37.1 Å². The number of benzene rings is 1. The molecule has 2 amide bonds. The van der Waals surface area contributed by atoms with Gasteiger partial charge < -0.3 is 15.5 Å². The fourth-order valence-corrected chi connectivity index (χ4v) is 2.63. The van der Waals surface area contributed by atoms with Crippen LogP contribution >= 0.6 is 12.4 Å². The normalized spacial score (nSPS) is 17.3. The predicted octanol–water partition coefficient (Wildman–Crippen LogP) is 1.43. The molecular formula is C16H24ClN3O2. The van der Waals surface area contributed by atoms with E-state index in [9.17, 15) is 9.59 Å². The van der Waals surface area contributed by atoms with Crippen molar-refractivity contribution in [2.24, 2.45) is 5.92 Å². The van der Waals surface area contributed by atoms with Gasteiger partial charge in [0.15, 0.2) is 0 Å². The molecule has 0 bridgehead atoms. The predicted molar refractivity (Wildman–Crippen MR) is 89.1 cm³/mol. The van der Waals surface area contributed by atoms with E-state index in [4.69, 9.17) is 0 Å². The van der Waals surface area contributed by atoms with Crippen LogP contribution in [0.15, 0.2) is 24.3 Å². The number of nitrogens with zero attached hydrogens (tertiary/aromatic N) is 1. The third-order valence-corrected chi connectivity index (χ3v) is 3.89. The number of piperidine rings is 1. The third kappa shape index (κ3) is 4.71. The Hall–Kier alpha value is -1.59. The number of carbonyl (C=O) groups is 2. The summed E-state index contributed by atoms with van der Waals surface area (Å²) in [6.07, 6.45) is 2.02. The van der Waals surface area contributed by atoms with E-state index in [0.29, 0.717) is 12.1 Å². The molecule has 22 heavy (non-hydrogen) atoms. The molecule has 2 rings (SSSR count). The Labute approximate surface area is 137 Å². The van der Waals surface area contributed by atoms with E-state index < -0.39 is 0 Å². The van der Waals surface area contributed by atoms with Gasteiger partial charge in [-0.1, -0.05) is 12.1 Å². The highest BCUT2D eigenvalue weighted by Gasteiger charge is 2.23. The lowest BCUT2D eigenvalue weighted by molar-refractivity contribution is -0.135. The van der Waals surface area contributed by atoms with Crippen molar-refractivity contribution in [2.45, 2.75) is 19.4 Å². The molecular weight excluding hydrogens is 302 g/mol. The molecule has 5 nitrogen and oxygen atoms in total. The van der Waals surface area contributed by atoms with Gasteiger partial charge in [0.05, 0.1) is 5.92 Å². The van der Waals surface area contributed by atoms with E-state index >= 15 is 0 Å². The summed E-state index contributed by atoms with van der Waals surface area (Å²) in [5.41, 5.74) is 1.66. The molecule has 0 aromatic heterocycles. The molecule has 1 atom stereocenters. The minimum Gasteiger partial charge on any atom is -0.355 e. The Balaban J connectivity index is 0.00000242. The Morgan fingerprint density at radius 2 is 2.00 bits per heavy atom. The molecule has 0 spiro atoms. The topological polar surface area (TPSA) is 61.4 Å². The summed E-state index contributed by atoms with van der Waals surface area (Å²) in [5, 5.41) is 5.86. The lowest BCUT2D eigenvalue weighted by atomic mass is 9.98. The highest BCUT2D eigenvalue weighted by molar-refractivity contribution is 5.93. The smallest absolute Gasteiger partial charge is 0.251 e. The van der Waals surface area contributed by atoms with Crippen molar-refractivity contribution in [1.82, 2.24) is 15.5 Å². The van der Waals surface area contributed by atoms with Crippen LogP contribution in [0.4, 0.5) is 0 Å². The maximum atomic E-state index is 12.3. The molecule has 1 aromatic carbocycles. The van der Waals surface area contributed by atoms with Crippen molar-refractivity contribution >= 4 is 24.2 Å². The van der Waals surface area contributed by atoms with Gasteiger partial charge in [-0.15, -0.1) is 12.4 Å². The molecule has 0 radical (unpaired) electrons. The summed E-state index contributed by atoms with van der Waals surface area (Å²) >= 11 is 0. The summed E-state index contributed by atoms with van der Waals surface area (Å²) in [6.45, 7) is 2.36. The van der Waals surface area contributed by atoms with Crippen molar-refractivity contribution < 1.29 is 9.59 Å². The fraction of sp³-hybridized carbons (Fsp3) is 0.500. The van der Waals surface area contributed by atoms with Gasteiger partial charge in [-0.2, -0.15) is 0 Å². The van der Waals surface area contributed by atoms with Crippen LogP contribution < -0.4 is 10.6 Å². The number of carbonyl (C=O) groups excluding carboxylic acids is 2. The molecule has 1 fully saturated rings. The zero-order valence-electron chi connectivity index (χ0n) is 13.1. The van der Waals surface area contributed by atoms with Crippen LogP contribution in [0.3, 0.4) is 0 Å². The number of halogens is 1. The Kier molecular flexibility index (Phi) is 7.35. The number of hydrogen-bond donors (Lipinski definition) is 2. The summed E-state index contributed by atoms with van der Waals surface area (Å²) in [6, 6.07) is 7.37. The van der Waals surface area contributed by atoms with Crippen molar-refractivity contribution in [3.05, 3.63) is 35.4 Å². The average molecular weight is 326 g/mol. The monoisotopic (exact) mass is 325 g/mol. The zero-order valence-corrected chi connectivity index (χ0v) is 13.9. The van der Waals surface area contributed by atoms with E-state index in [1.54, 1.807) is 24.1 Å². The number of amides is 2. The first-order valence-electron chi connectivity index (χ1n) is 7.38. The lowest BCUT2D eigenvalue weighted by Crippen LogP contribution is -2.41. The van der Waals surface area contributed by atoms with Gasteiger partial charge in [-0.25, -0.2) is 0 Å². The number of nitrogens with one attached hydrogen (secondary N) is 2. The lowest BCUT2D eigenvalue weighted by Gasteiger charge is -2.27. The standard InChI is InChI=1S/C16H23N3O2.ClH/c1-17-15(20)13-7-5-12(6-8-13)11-19(2)16(21)14-4-3-9-18-10-14;/h5-8,14,18H,3-4,9-11H2,1-2H3,(H,17,20);1H. The molecule has 0 saturated carbocycles. The van der Waals surface area contributed by atoms with Crippen molar-refractivity contribution in [3.63, 3.8) is 0 Å². The van der Waals surface area contributed by atoms with Crippen molar-refractivity contribution in [3.8, 4) is 0 Å². The Morgan fingerprint density at radius 3 is 2.55 bits per heavy atom. The van der Waals surface area contributed by atoms with Crippen LogP contribution in [0, 0.1) is 5.92 Å². The fourth-order valence-electron chi connectivity index (χ4n) is 2.63. The highest BCUT2D eigenvalue weighted by Crippen LogP contribution is 2.15. The Bertz CT molecular complexity index is 499. The summed E-state index contributed by atoms with van der Waals surface area (Å²) in [5.74, 6) is 0.186. The van der Waals surface area contributed by atoms with Gasteiger partial charge in [0.25, 0.3) is 5.91 Å². The number of rotatable bonds is 4. The minimum absolute atomic E-state index is 0. The van der Waals surface area contributed by atoms with Crippen LogP contribution in [-0.2, 0) is 11.3 Å². The molecule has 1 aromatic rings. The summed E-state index contributed by atoms with van der Waals surface area (Å²) in [4.78, 5) is 25.6. The van der Waals surface area contributed by atoms with E-state index in [-0.39, 0.29) is 30.1 Å². The second-order valence-corrected chi connectivity index (χ2v) is 5.51.